The summed E-state index contributed by atoms with van der Waals surface area (Å²) < 4.78 is 8.01. The van der Waals surface area contributed by atoms with E-state index in [0.29, 0.717) is 18.3 Å². The van der Waals surface area contributed by atoms with Gasteiger partial charge < -0.3 is 14.2 Å². The molecule has 1 aliphatic rings. The second-order valence-corrected chi connectivity index (χ2v) is 6.89. The van der Waals surface area contributed by atoms with E-state index in [-0.39, 0.29) is 18.6 Å². The topological polar surface area (TPSA) is 60.2 Å². The van der Waals surface area contributed by atoms with Gasteiger partial charge in [-0.2, -0.15) is 0 Å². The molecule has 0 saturated carbocycles. The third-order valence-electron chi connectivity index (χ3n) is 4.88. The molecule has 6 heteroatoms. The molecule has 1 aliphatic heterocycles. The molecule has 0 N–H and O–H groups in total. The smallest absolute Gasteiger partial charge is 0.261 e. The summed E-state index contributed by atoms with van der Waals surface area (Å²) in [5.74, 6) is 0.761. The predicted octanol–water partition coefficient (Wildman–Crippen LogP) is 3.05. The van der Waals surface area contributed by atoms with E-state index in [2.05, 4.69) is 40.6 Å². The highest BCUT2D eigenvalue weighted by atomic mass is 16.5. The van der Waals surface area contributed by atoms with Gasteiger partial charge in [0.15, 0.2) is 6.61 Å². The Balaban J connectivity index is 1.53. The first-order chi connectivity index (χ1) is 12.6. The second-order valence-electron chi connectivity index (χ2n) is 6.89. The van der Waals surface area contributed by atoms with Crippen molar-refractivity contribution in [3.63, 3.8) is 0 Å². The number of para-hydroxylation sites is 1. The van der Waals surface area contributed by atoms with Crippen molar-refractivity contribution in [3.8, 4) is 5.88 Å². The van der Waals surface area contributed by atoms with Gasteiger partial charge >= 0.3 is 0 Å². The molecular weight excluding hydrogens is 328 g/mol. The maximum Gasteiger partial charge on any atom is 0.261 e. The van der Waals surface area contributed by atoms with Crippen LogP contribution in [0.2, 0.25) is 0 Å². The molecule has 1 aromatic carbocycles. The van der Waals surface area contributed by atoms with Crippen molar-refractivity contribution >= 4 is 16.8 Å². The molecule has 26 heavy (non-hydrogen) atoms. The summed E-state index contributed by atoms with van der Waals surface area (Å²) >= 11 is 0. The Morgan fingerprint density at radius 2 is 2.04 bits per heavy atom. The number of rotatable bonds is 4. The van der Waals surface area contributed by atoms with E-state index in [4.69, 9.17) is 4.74 Å². The third kappa shape index (κ3) is 2.92. The molecule has 0 saturated heterocycles. The van der Waals surface area contributed by atoms with Crippen LogP contribution >= 0.6 is 0 Å². The number of fused-ring (bicyclic) bond motifs is 2. The number of benzene rings is 1. The maximum absolute atomic E-state index is 12.9. The molecular formula is C20H22N4O2. The SMILES string of the molecule is CC(C)[C@@H]1c2cccn2CCN1C(=O)COc1ncnc2ccccc12. The van der Waals surface area contributed by atoms with Crippen molar-refractivity contribution < 1.29 is 9.53 Å². The van der Waals surface area contributed by atoms with Gasteiger partial charge in [-0.05, 0) is 30.2 Å². The summed E-state index contributed by atoms with van der Waals surface area (Å²) in [7, 11) is 0. The minimum atomic E-state index is -0.0229. The highest BCUT2D eigenvalue weighted by molar-refractivity contribution is 5.84. The van der Waals surface area contributed by atoms with E-state index in [0.717, 1.165) is 17.4 Å². The zero-order chi connectivity index (χ0) is 18.1. The molecule has 4 rings (SSSR count). The van der Waals surface area contributed by atoms with Crippen molar-refractivity contribution in [3.05, 3.63) is 54.6 Å². The van der Waals surface area contributed by atoms with Crippen molar-refractivity contribution in [2.24, 2.45) is 5.92 Å². The fraction of sp³-hybridized carbons (Fsp3) is 0.350. The van der Waals surface area contributed by atoms with Crippen LogP contribution in [0.4, 0.5) is 0 Å². The highest BCUT2D eigenvalue weighted by Crippen LogP contribution is 2.32. The number of amides is 1. The molecule has 6 nitrogen and oxygen atoms in total. The van der Waals surface area contributed by atoms with Gasteiger partial charge in [0.25, 0.3) is 5.91 Å². The number of carbonyl (C=O) groups excluding carboxylic acids is 1. The van der Waals surface area contributed by atoms with E-state index in [9.17, 15) is 4.79 Å². The number of carbonyl (C=O) groups is 1. The first kappa shape index (κ1) is 16.6. The molecule has 3 aromatic rings. The number of ether oxygens (including phenoxy) is 1. The van der Waals surface area contributed by atoms with Crippen LogP contribution in [0.3, 0.4) is 0 Å². The van der Waals surface area contributed by atoms with Gasteiger partial charge in [0, 0.05) is 25.0 Å². The number of nitrogens with zero attached hydrogens (tertiary/aromatic N) is 4. The van der Waals surface area contributed by atoms with Crippen molar-refractivity contribution in [2.75, 3.05) is 13.2 Å². The Labute approximate surface area is 152 Å². The van der Waals surface area contributed by atoms with Crippen LogP contribution in [0.5, 0.6) is 5.88 Å². The van der Waals surface area contributed by atoms with Gasteiger partial charge in [-0.25, -0.2) is 9.97 Å². The molecule has 0 fully saturated rings. The van der Waals surface area contributed by atoms with Crippen LogP contribution in [0.1, 0.15) is 25.6 Å². The number of hydrogen-bond donors (Lipinski definition) is 0. The quantitative estimate of drug-likeness (QED) is 0.726. The lowest BCUT2D eigenvalue weighted by molar-refractivity contribution is -0.138. The summed E-state index contributed by atoms with van der Waals surface area (Å²) in [6, 6.07) is 11.8. The summed E-state index contributed by atoms with van der Waals surface area (Å²) in [6.45, 7) is 5.77. The summed E-state index contributed by atoms with van der Waals surface area (Å²) in [6.07, 6.45) is 3.54. The second kappa shape index (κ2) is 6.78. The van der Waals surface area contributed by atoms with E-state index in [1.807, 2.05) is 35.2 Å². The zero-order valence-electron chi connectivity index (χ0n) is 15.0. The predicted molar refractivity (Wildman–Crippen MR) is 98.8 cm³/mol. The van der Waals surface area contributed by atoms with Crippen LogP contribution in [0, 0.1) is 5.92 Å². The Kier molecular flexibility index (Phi) is 4.32. The molecule has 1 atom stereocenters. The lowest BCUT2D eigenvalue weighted by atomic mass is 9.97. The highest BCUT2D eigenvalue weighted by Gasteiger charge is 2.33. The van der Waals surface area contributed by atoms with Gasteiger partial charge in [-0.3, -0.25) is 4.79 Å². The normalized spacial score (nSPS) is 16.7. The van der Waals surface area contributed by atoms with Crippen LogP contribution in [-0.2, 0) is 11.3 Å². The van der Waals surface area contributed by atoms with Gasteiger partial charge in [0.05, 0.1) is 16.9 Å². The summed E-state index contributed by atoms with van der Waals surface area (Å²) in [4.78, 5) is 23.3. The lowest BCUT2D eigenvalue weighted by Crippen LogP contribution is -2.45. The Bertz CT molecular complexity index is 929. The molecule has 134 valence electrons. The number of hydrogen-bond acceptors (Lipinski definition) is 4. The van der Waals surface area contributed by atoms with Crippen LogP contribution < -0.4 is 4.74 Å². The molecule has 2 aromatic heterocycles. The molecule has 3 heterocycles. The van der Waals surface area contributed by atoms with Crippen molar-refractivity contribution in [1.29, 1.82) is 0 Å². The molecule has 1 amide bonds. The standard InChI is InChI=1S/C20H22N4O2/c1-14(2)19-17-8-5-9-23(17)10-11-24(19)18(25)12-26-20-15-6-3-4-7-16(15)21-13-22-20/h3-9,13-14,19H,10-12H2,1-2H3/t19-/m1/s1. The minimum absolute atomic E-state index is 0.0150. The Hall–Kier alpha value is -2.89. The van der Waals surface area contributed by atoms with E-state index < -0.39 is 0 Å². The molecule has 0 unspecified atom stereocenters. The minimum Gasteiger partial charge on any atom is -0.467 e. The third-order valence-corrected chi connectivity index (χ3v) is 4.88. The first-order valence-corrected chi connectivity index (χ1v) is 8.92. The zero-order valence-corrected chi connectivity index (χ0v) is 15.0. The monoisotopic (exact) mass is 350 g/mol. The molecule has 0 radical (unpaired) electrons. The van der Waals surface area contributed by atoms with E-state index >= 15 is 0 Å². The van der Waals surface area contributed by atoms with Crippen molar-refractivity contribution in [2.45, 2.75) is 26.4 Å². The lowest BCUT2D eigenvalue weighted by Gasteiger charge is -2.39. The van der Waals surface area contributed by atoms with Crippen LogP contribution in [0.15, 0.2) is 48.9 Å². The Morgan fingerprint density at radius 3 is 2.88 bits per heavy atom. The molecule has 0 aliphatic carbocycles. The maximum atomic E-state index is 12.9. The summed E-state index contributed by atoms with van der Waals surface area (Å²) in [5, 5.41) is 0.815. The average molecular weight is 350 g/mol. The van der Waals surface area contributed by atoms with Gasteiger partial charge in [0.1, 0.15) is 6.33 Å². The summed E-state index contributed by atoms with van der Waals surface area (Å²) in [5.41, 5.74) is 1.99. The molecule has 0 spiro atoms. The fourth-order valence-corrected chi connectivity index (χ4v) is 3.70. The average Bonchev–Trinajstić information content (AvgIpc) is 3.13. The van der Waals surface area contributed by atoms with Gasteiger partial charge in [-0.15, -0.1) is 0 Å². The first-order valence-electron chi connectivity index (χ1n) is 8.92. The van der Waals surface area contributed by atoms with Crippen LogP contribution in [0.25, 0.3) is 10.9 Å². The largest absolute Gasteiger partial charge is 0.467 e. The fourth-order valence-electron chi connectivity index (χ4n) is 3.70. The number of aromatic nitrogens is 3. The van der Waals surface area contributed by atoms with Gasteiger partial charge in [-0.1, -0.05) is 26.0 Å². The molecule has 0 bridgehead atoms. The van der Waals surface area contributed by atoms with Crippen molar-refractivity contribution in [1.82, 2.24) is 19.4 Å². The van der Waals surface area contributed by atoms with E-state index in [1.165, 1.54) is 12.0 Å². The van der Waals surface area contributed by atoms with E-state index in [1.54, 1.807) is 0 Å². The van der Waals surface area contributed by atoms with Gasteiger partial charge in [0.2, 0.25) is 5.88 Å². The Morgan fingerprint density at radius 1 is 1.19 bits per heavy atom. The van der Waals surface area contributed by atoms with Crippen LogP contribution in [-0.4, -0.2) is 38.5 Å².